The van der Waals surface area contributed by atoms with Gasteiger partial charge in [0.2, 0.25) is 6.79 Å². The van der Waals surface area contributed by atoms with Crippen LogP contribution in [0.15, 0.2) is 54.7 Å². The fourth-order valence-corrected chi connectivity index (χ4v) is 2.04. The van der Waals surface area contributed by atoms with Crippen molar-refractivity contribution in [1.82, 2.24) is 0 Å². The minimum atomic E-state index is -0.0973. The van der Waals surface area contributed by atoms with E-state index in [1.54, 1.807) is 30.5 Å². The second-order valence-corrected chi connectivity index (χ2v) is 4.85. The quantitative estimate of drug-likeness (QED) is 0.688. The second kappa shape index (κ2) is 5.89. The zero-order valence-electron chi connectivity index (χ0n) is 11.0. The van der Waals surface area contributed by atoms with Gasteiger partial charge in [-0.2, -0.15) is 0 Å². The summed E-state index contributed by atoms with van der Waals surface area (Å²) in [7, 11) is 0. The molecule has 0 saturated heterocycles. The molecule has 106 valence electrons. The van der Waals surface area contributed by atoms with Crippen LogP contribution >= 0.6 is 11.6 Å². The van der Waals surface area contributed by atoms with E-state index in [0.29, 0.717) is 16.3 Å². The molecule has 0 saturated carbocycles. The van der Waals surface area contributed by atoms with Crippen molar-refractivity contribution in [2.24, 2.45) is 0 Å². The lowest BCUT2D eigenvalue weighted by Crippen LogP contribution is -1.96. The number of halogens is 1. The maximum atomic E-state index is 11.9. The molecule has 0 aromatic heterocycles. The molecule has 0 spiro atoms. The third-order valence-corrected chi connectivity index (χ3v) is 3.24. The topological polar surface area (TPSA) is 47.6 Å². The van der Waals surface area contributed by atoms with Crippen LogP contribution in [0.2, 0.25) is 5.02 Å². The summed E-state index contributed by atoms with van der Waals surface area (Å²) < 4.78 is 10.5. The monoisotopic (exact) mass is 301 g/mol. The molecule has 1 aliphatic rings. The number of fused-ring (bicyclic) bond motifs is 1. The highest BCUT2D eigenvalue weighted by molar-refractivity contribution is 6.30. The Bertz CT molecular complexity index is 695. The Morgan fingerprint density at radius 2 is 1.86 bits per heavy atom. The predicted octanol–water partition coefficient (Wildman–Crippen LogP) is 3.88. The number of carbonyl (C=O) groups excluding carboxylic acids is 1. The number of hydrogen-bond acceptors (Lipinski definition) is 4. The smallest absolute Gasteiger partial charge is 0.231 e. The van der Waals surface area contributed by atoms with Gasteiger partial charge < -0.3 is 14.8 Å². The first-order chi connectivity index (χ1) is 10.2. The molecule has 0 unspecified atom stereocenters. The number of carbonyl (C=O) groups is 1. The van der Waals surface area contributed by atoms with Gasteiger partial charge in [-0.1, -0.05) is 11.6 Å². The lowest BCUT2D eigenvalue weighted by molar-refractivity contribution is 0.104. The van der Waals surface area contributed by atoms with E-state index in [2.05, 4.69) is 5.32 Å². The number of rotatable bonds is 4. The summed E-state index contributed by atoms with van der Waals surface area (Å²) in [5, 5.41) is 3.63. The molecule has 1 N–H and O–H groups in total. The molecule has 0 radical (unpaired) electrons. The SMILES string of the molecule is O=C(/C=C/Nc1ccc2c(c1)OCO2)c1ccc(Cl)cc1. The first kappa shape index (κ1) is 13.5. The molecule has 0 atom stereocenters. The third-order valence-electron chi connectivity index (χ3n) is 2.99. The zero-order valence-corrected chi connectivity index (χ0v) is 11.8. The summed E-state index contributed by atoms with van der Waals surface area (Å²) in [5.74, 6) is 1.32. The second-order valence-electron chi connectivity index (χ2n) is 4.42. The van der Waals surface area contributed by atoms with Gasteiger partial charge >= 0.3 is 0 Å². The largest absolute Gasteiger partial charge is 0.454 e. The van der Waals surface area contributed by atoms with E-state index < -0.39 is 0 Å². The van der Waals surface area contributed by atoms with E-state index in [0.717, 1.165) is 11.4 Å². The Morgan fingerprint density at radius 3 is 2.67 bits per heavy atom. The van der Waals surface area contributed by atoms with Gasteiger partial charge in [0.05, 0.1) is 0 Å². The van der Waals surface area contributed by atoms with Crippen molar-refractivity contribution in [3.8, 4) is 11.5 Å². The third kappa shape index (κ3) is 3.17. The van der Waals surface area contributed by atoms with Crippen molar-refractivity contribution in [2.75, 3.05) is 12.1 Å². The summed E-state index contributed by atoms with van der Waals surface area (Å²) in [5.41, 5.74) is 1.41. The van der Waals surface area contributed by atoms with Crippen LogP contribution < -0.4 is 14.8 Å². The predicted molar refractivity (Wildman–Crippen MR) is 81.1 cm³/mol. The summed E-state index contributed by atoms with van der Waals surface area (Å²) in [4.78, 5) is 11.9. The van der Waals surface area contributed by atoms with Gasteiger partial charge in [0.25, 0.3) is 0 Å². The van der Waals surface area contributed by atoms with Gasteiger partial charge in [0, 0.05) is 34.6 Å². The maximum absolute atomic E-state index is 11.9. The fraction of sp³-hybridized carbons (Fsp3) is 0.0625. The molecule has 0 bridgehead atoms. The number of benzene rings is 2. The van der Waals surface area contributed by atoms with E-state index in [1.165, 1.54) is 6.08 Å². The van der Waals surface area contributed by atoms with Crippen LogP contribution in [0, 0.1) is 0 Å². The highest BCUT2D eigenvalue weighted by Gasteiger charge is 2.12. The summed E-state index contributed by atoms with van der Waals surface area (Å²) >= 11 is 5.78. The normalized spacial score (nSPS) is 12.6. The molecule has 4 nitrogen and oxygen atoms in total. The molecule has 21 heavy (non-hydrogen) atoms. The molecule has 1 heterocycles. The van der Waals surface area contributed by atoms with Crippen molar-refractivity contribution in [1.29, 1.82) is 0 Å². The van der Waals surface area contributed by atoms with Crippen LogP contribution in [0.25, 0.3) is 0 Å². The number of hydrogen-bond donors (Lipinski definition) is 1. The summed E-state index contributed by atoms with van der Waals surface area (Å²) in [6.07, 6.45) is 3.06. The molecule has 2 aromatic carbocycles. The van der Waals surface area contributed by atoms with Crippen molar-refractivity contribution in [3.63, 3.8) is 0 Å². The van der Waals surface area contributed by atoms with Crippen molar-refractivity contribution >= 4 is 23.1 Å². The van der Waals surface area contributed by atoms with Crippen LogP contribution in [-0.4, -0.2) is 12.6 Å². The molecule has 1 aliphatic heterocycles. The molecule has 0 amide bonds. The Kier molecular flexibility index (Phi) is 3.79. The molecule has 2 aromatic rings. The lowest BCUT2D eigenvalue weighted by Gasteiger charge is -2.02. The van der Waals surface area contributed by atoms with Gasteiger partial charge in [-0.15, -0.1) is 0 Å². The van der Waals surface area contributed by atoms with Gasteiger partial charge in [0.1, 0.15) is 0 Å². The van der Waals surface area contributed by atoms with Gasteiger partial charge in [-0.3, -0.25) is 4.79 Å². The van der Waals surface area contributed by atoms with Crippen LogP contribution in [0.3, 0.4) is 0 Å². The highest BCUT2D eigenvalue weighted by atomic mass is 35.5. The van der Waals surface area contributed by atoms with Crippen molar-refractivity contribution in [2.45, 2.75) is 0 Å². The fourth-order valence-electron chi connectivity index (χ4n) is 1.91. The number of anilines is 1. The minimum absolute atomic E-state index is 0.0973. The Labute approximate surface area is 126 Å². The van der Waals surface area contributed by atoms with Crippen LogP contribution in [0.4, 0.5) is 5.69 Å². The minimum Gasteiger partial charge on any atom is -0.454 e. The molecule has 0 aliphatic carbocycles. The molecule has 3 rings (SSSR count). The van der Waals surface area contributed by atoms with Crippen molar-refractivity contribution in [3.05, 3.63) is 65.3 Å². The van der Waals surface area contributed by atoms with E-state index in [-0.39, 0.29) is 12.6 Å². The zero-order chi connectivity index (χ0) is 14.7. The van der Waals surface area contributed by atoms with Crippen LogP contribution in [0.5, 0.6) is 11.5 Å². The van der Waals surface area contributed by atoms with Crippen LogP contribution in [0.1, 0.15) is 10.4 Å². The van der Waals surface area contributed by atoms with Crippen molar-refractivity contribution < 1.29 is 14.3 Å². The lowest BCUT2D eigenvalue weighted by atomic mass is 10.1. The standard InChI is InChI=1S/C16H12ClNO3/c17-12-3-1-11(2-4-12)14(19)7-8-18-13-5-6-15-16(9-13)21-10-20-15/h1-9,18H,10H2/b8-7+. The molecule has 0 fully saturated rings. The summed E-state index contributed by atoms with van der Waals surface area (Å²) in [6, 6.07) is 12.2. The van der Waals surface area contributed by atoms with E-state index >= 15 is 0 Å². The first-order valence-electron chi connectivity index (χ1n) is 6.35. The Morgan fingerprint density at radius 1 is 1.10 bits per heavy atom. The molecular weight excluding hydrogens is 290 g/mol. The number of allylic oxidation sites excluding steroid dienone is 1. The van der Waals surface area contributed by atoms with Gasteiger partial charge in [-0.05, 0) is 36.4 Å². The van der Waals surface area contributed by atoms with Gasteiger partial charge in [0.15, 0.2) is 17.3 Å². The number of ether oxygens (including phenoxy) is 2. The van der Waals surface area contributed by atoms with E-state index in [4.69, 9.17) is 21.1 Å². The number of nitrogens with one attached hydrogen (secondary N) is 1. The summed E-state index contributed by atoms with van der Waals surface area (Å²) in [6.45, 7) is 0.240. The average molecular weight is 302 g/mol. The molecule has 5 heteroatoms. The average Bonchev–Trinajstić information content (AvgIpc) is 2.95. The number of ketones is 1. The first-order valence-corrected chi connectivity index (χ1v) is 6.73. The van der Waals surface area contributed by atoms with Gasteiger partial charge in [-0.25, -0.2) is 0 Å². The van der Waals surface area contributed by atoms with E-state index in [9.17, 15) is 4.79 Å². The Hall–Kier alpha value is -2.46. The molecular formula is C16H12ClNO3. The van der Waals surface area contributed by atoms with E-state index in [1.807, 2.05) is 18.2 Å². The Balaban J connectivity index is 1.64. The van der Waals surface area contributed by atoms with Crippen LogP contribution in [-0.2, 0) is 0 Å². The highest BCUT2D eigenvalue weighted by Crippen LogP contribution is 2.34. The maximum Gasteiger partial charge on any atom is 0.231 e.